The van der Waals surface area contributed by atoms with Crippen LogP contribution >= 0.6 is 0 Å². The number of hydrogen-bond donors (Lipinski definition) is 2. The predicted molar refractivity (Wildman–Crippen MR) is 56.5 cm³/mol. The fraction of sp³-hybridized carbons (Fsp3) is 0.545. The van der Waals surface area contributed by atoms with Crippen LogP contribution in [0.5, 0.6) is 0 Å². The van der Waals surface area contributed by atoms with Gasteiger partial charge in [-0.1, -0.05) is 0 Å². The van der Waals surface area contributed by atoms with Gasteiger partial charge >= 0.3 is 17.9 Å². The number of hydrogen-bond acceptors (Lipinski definition) is 6. The van der Waals surface area contributed by atoms with E-state index in [4.69, 9.17) is 24.4 Å². The van der Waals surface area contributed by atoms with Gasteiger partial charge in [0, 0.05) is 18.8 Å². The SMILES string of the molecule is CC(=O)OC[C@@H]1C[C@@H]1C1OC(C(=O)O)=C(C(=O)O)O1. The largest absolute Gasteiger partial charge is 0.475 e. The third-order valence-corrected chi connectivity index (χ3v) is 2.89. The zero-order chi connectivity index (χ0) is 14.2. The lowest BCUT2D eigenvalue weighted by atomic mass is 10.3. The summed E-state index contributed by atoms with van der Waals surface area (Å²) in [5.74, 6) is -4.96. The highest BCUT2D eigenvalue weighted by molar-refractivity contribution is 5.96. The molecule has 2 aliphatic rings. The molecular formula is C11H12O8. The van der Waals surface area contributed by atoms with Crippen LogP contribution < -0.4 is 0 Å². The maximum absolute atomic E-state index is 10.8. The summed E-state index contributed by atoms with van der Waals surface area (Å²) in [4.78, 5) is 32.3. The van der Waals surface area contributed by atoms with Crippen LogP contribution in [-0.4, -0.2) is 41.0 Å². The Morgan fingerprint density at radius 1 is 1.21 bits per heavy atom. The fourth-order valence-electron chi connectivity index (χ4n) is 1.85. The number of aliphatic carboxylic acids is 2. The number of carbonyl (C=O) groups excluding carboxylic acids is 1. The van der Waals surface area contributed by atoms with Crippen LogP contribution in [0, 0.1) is 11.8 Å². The molecule has 1 heterocycles. The second-order valence-electron chi connectivity index (χ2n) is 4.33. The molecule has 2 rings (SSSR count). The maximum Gasteiger partial charge on any atom is 0.375 e. The van der Waals surface area contributed by atoms with Gasteiger partial charge in [-0.25, -0.2) is 9.59 Å². The van der Waals surface area contributed by atoms with Crippen LogP contribution in [0.2, 0.25) is 0 Å². The van der Waals surface area contributed by atoms with Crippen molar-refractivity contribution in [1.82, 2.24) is 0 Å². The zero-order valence-corrected chi connectivity index (χ0v) is 9.99. The molecule has 2 atom stereocenters. The standard InChI is InChI=1S/C11H12O8/c1-4(12)17-3-5-2-6(5)11-18-7(9(13)14)8(19-11)10(15)16/h5-6,11H,2-3H2,1H3,(H,13,14)(H,15,16)/t5-,6-/m0/s1. The van der Waals surface area contributed by atoms with E-state index in [9.17, 15) is 14.4 Å². The Labute approximate surface area is 107 Å². The monoisotopic (exact) mass is 272 g/mol. The molecule has 0 amide bonds. The second-order valence-corrected chi connectivity index (χ2v) is 4.33. The molecule has 2 N–H and O–H groups in total. The van der Waals surface area contributed by atoms with Gasteiger partial charge in [-0.05, 0) is 6.42 Å². The fourth-order valence-corrected chi connectivity index (χ4v) is 1.85. The van der Waals surface area contributed by atoms with Gasteiger partial charge < -0.3 is 24.4 Å². The van der Waals surface area contributed by atoms with Gasteiger partial charge in [0.2, 0.25) is 6.29 Å². The average Bonchev–Trinajstić information content (AvgIpc) is 2.94. The van der Waals surface area contributed by atoms with Crippen molar-refractivity contribution in [3.63, 3.8) is 0 Å². The van der Waals surface area contributed by atoms with Gasteiger partial charge in [-0.15, -0.1) is 0 Å². The number of esters is 1. The Hall–Kier alpha value is -2.25. The van der Waals surface area contributed by atoms with Crippen LogP contribution in [0.25, 0.3) is 0 Å². The molecule has 1 aliphatic carbocycles. The minimum Gasteiger partial charge on any atom is -0.475 e. The number of ether oxygens (including phenoxy) is 3. The van der Waals surface area contributed by atoms with Gasteiger partial charge in [-0.3, -0.25) is 4.79 Å². The van der Waals surface area contributed by atoms with E-state index in [1.54, 1.807) is 0 Å². The molecule has 19 heavy (non-hydrogen) atoms. The van der Waals surface area contributed by atoms with Gasteiger partial charge in [0.15, 0.2) is 0 Å². The topological polar surface area (TPSA) is 119 Å². The molecule has 1 fully saturated rings. The van der Waals surface area contributed by atoms with E-state index in [-0.39, 0.29) is 18.4 Å². The Balaban J connectivity index is 1.92. The van der Waals surface area contributed by atoms with Crippen LogP contribution in [0.4, 0.5) is 0 Å². The van der Waals surface area contributed by atoms with Crippen molar-refractivity contribution in [1.29, 1.82) is 0 Å². The highest BCUT2D eigenvalue weighted by atomic mass is 16.7. The molecule has 0 radical (unpaired) electrons. The lowest BCUT2D eigenvalue weighted by molar-refractivity contribution is -0.142. The Morgan fingerprint density at radius 2 is 1.74 bits per heavy atom. The molecule has 104 valence electrons. The molecule has 1 aliphatic heterocycles. The third-order valence-electron chi connectivity index (χ3n) is 2.89. The highest BCUT2D eigenvalue weighted by Gasteiger charge is 2.51. The Bertz CT molecular complexity index is 439. The van der Waals surface area contributed by atoms with Gasteiger partial charge in [0.1, 0.15) is 0 Å². The number of carboxylic acids is 2. The van der Waals surface area contributed by atoms with E-state index in [0.717, 1.165) is 0 Å². The van der Waals surface area contributed by atoms with Crippen LogP contribution in [0.3, 0.4) is 0 Å². The van der Waals surface area contributed by atoms with E-state index >= 15 is 0 Å². The van der Waals surface area contributed by atoms with Crippen molar-refractivity contribution in [2.24, 2.45) is 11.8 Å². The molecule has 0 aromatic heterocycles. The van der Waals surface area contributed by atoms with Crippen LogP contribution in [0.15, 0.2) is 11.5 Å². The van der Waals surface area contributed by atoms with E-state index in [0.29, 0.717) is 6.42 Å². The summed E-state index contributed by atoms with van der Waals surface area (Å²) >= 11 is 0. The Morgan fingerprint density at radius 3 is 2.16 bits per heavy atom. The van der Waals surface area contributed by atoms with Crippen molar-refractivity contribution >= 4 is 17.9 Å². The molecule has 1 saturated carbocycles. The van der Waals surface area contributed by atoms with Crippen molar-refractivity contribution in [2.75, 3.05) is 6.61 Å². The molecule has 0 bridgehead atoms. The smallest absolute Gasteiger partial charge is 0.375 e. The molecule has 0 aromatic carbocycles. The zero-order valence-electron chi connectivity index (χ0n) is 9.99. The molecule has 8 heteroatoms. The summed E-state index contributed by atoms with van der Waals surface area (Å²) in [6.45, 7) is 1.47. The average molecular weight is 272 g/mol. The third kappa shape index (κ3) is 2.78. The first-order valence-electron chi connectivity index (χ1n) is 5.57. The first kappa shape index (κ1) is 13.2. The number of carboxylic acid groups (broad SMARTS) is 2. The lowest BCUT2D eigenvalue weighted by Crippen LogP contribution is -2.16. The molecule has 0 saturated heterocycles. The van der Waals surface area contributed by atoms with Crippen molar-refractivity contribution in [2.45, 2.75) is 19.6 Å². The van der Waals surface area contributed by atoms with E-state index in [1.165, 1.54) is 6.92 Å². The first-order chi connectivity index (χ1) is 8.90. The van der Waals surface area contributed by atoms with Crippen molar-refractivity contribution in [3.8, 4) is 0 Å². The first-order valence-corrected chi connectivity index (χ1v) is 5.57. The summed E-state index contributed by atoms with van der Waals surface area (Å²) < 4.78 is 14.8. The summed E-state index contributed by atoms with van der Waals surface area (Å²) in [5.41, 5.74) is 0. The van der Waals surface area contributed by atoms with E-state index in [2.05, 4.69) is 0 Å². The van der Waals surface area contributed by atoms with Gasteiger partial charge in [0.05, 0.1) is 6.61 Å². The van der Waals surface area contributed by atoms with Crippen LogP contribution in [-0.2, 0) is 28.6 Å². The molecule has 0 spiro atoms. The van der Waals surface area contributed by atoms with Crippen LogP contribution in [0.1, 0.15) is 13.3 Å². The molecular weight excluding hydrogens is 260 g/mol. The Kier molecular flexibility index (Phi) is 3.32. The van der Waals surface area contributed by atoms with Crippen molar-refractivity contribution < 1.29 is 38.8 Å². The molecule has 8 nitrogen and oxygen atoms in total. The summed E-state index contributed by atoms with van der Waals surface area (Å²) in [6, 6.07) is 0. The number of carbonyl (C=O) groups is 3. The summed E-state index contributed by atoms with van der Waals surface area (Å²) in [5, 5.41) is 17.6. The number of rotatable bonds is 5. The van der Waals surface area contributed by atoms with Gasteiger partial charge in [-0.2, -0.15) is 0 Å². The van der Waals surface area contributed by atoms with Crippen molar-refractivity contribution in [3.05, 3.63) is 11.5 Å². The normalized spacial score (nSPS) is 25.5. The summed E-state index contributed by atoms with van der Waals surface area (Å²) in [7, 11) is 0. The minimum atomic E-state index is -1.49. The predicted octanol–water partition coefficient (Wildman–Crippen LogP) is -0.0607. The second kappa shape index (κ2) is 4.79. The van der Waals surface area contributed by atoms with Gasteiger partial charge in [0.25, 0.3) is 11.5 Å². The molecule has 0 aromatic rings. The maximum atomic E-state index is 10.8. The minimum absolute atomic E-state index is 0.00269. The lowest BCUT2D eigenvalue weighted by Gasteiger charge is -2.10. The van der Waals surface area contributed by atoms with E-state index in [1.807, 2.05) is 0 Å². The van der Waals surface area contributed by atoms with E-state index < -0.39 is 35.7 Å². The summed E-state index contributed by atoms with van der Waals surface area (Å²) in [6.07, 6.45) is -0.324. The molecule has 0 unspecified atom stereocenters. The highest BCUT2D eigenvalue weighted by Crippen LogP contribution is 2.46. The quantitative estimate of drug-likeness (QED) is 0.668.